The summed E-state index contributed by atoms with van der Waals surface area (Å²) in [7, 11) is 1.27. The van der Waals surface area contributed by atoms with E-state index in [2.05, 4.69) is 4.74 Å². The molecular formula is C12H10Cl2O4. The lowest BCUT2D eigenvalue weighted by Crippen LogP contribution is -2.00. The number of carbonyl (C=O) groups is 2. The van der Waals surface area contributed by atoms with Crippen LogP contribution in [0.1, 0.15) is 10.4 Å². The number of hydrogen-bond acceptors (Lipinski definition) is 4. The molecule has 0 fully saturated rings. The highest BCUT2D eigenvalue weighted by atomic mass is 35.5. The summed E-state index contributed by atoms with van der Waals surface area (Å²) in [5, 5.41) is 0.579. The Morgan fingerprint density at radius 1 is 1.39 bits per heavy atom. The average Bonchev–Trinajstić information content (AvgIpc) is 2.35. The fourth-order valence-electron chi connectivity index (χ4n) is 1.16. The van der Waals surface area contributed by atoms with Gasteiger partial charge in [0, 0.05) is 11.1 Å². The highest BCUT2D eigenvalue weighted by Gasteiger charge is 2.09. The van der Waals surface area contributed by atoms with Crippen LogP contribution in [0.3, 0.4) is 0 Å². The molecule has 96 valence electrons. The molecule has 0 amide bonds. The van der Waals surface area contributed by atoms with Gasteiger partial charge in [-0.3, -0.25) is 4.79 Å². The monoisotopic (exact) mass is 288 g/mol. The molecule has 0 saturated carbocycles. The Labute approximate surface area is 114 Å². The Bertz CT molecular complexity index is 483. The van der Waals surface area contributed by atoms with Gasteiger partial charge in [-0.1, -0.05) is 23.2 Å². The second-order valence-corrected chi connectivity index (χ2v) is 4.00. The molecule has 1 aromatic rings. The molecule has 0 aliphatic carbocycles. The average molecular weight is 289 g/mol. The van der Waals surface area contributed by atoms with Crippen LogP contribution in [0.5, 0.6) is 5.75 Å². The molecule has 1 aromatic carbocycles. The van der Waals surface area contributed by atoms with Crippen molar-refractivity contribution in [3.63, 3.8) is 0 Å². The van der Waals surface area contributed by atoms with E-state index < -0.39 is 5.97 Å². The van der Waals surface area contributed by atoms with Crippen molar-refractivity contribution >= 4 is 35.5 Å². The van der Waals surface area contributed by atoms with E-state index in [1.807, 2.05) is 0 Å². The summed E-state index contributed by atoms with van der Waals surface area (Å²) in [6.45, 7) is 0.0806. The largest absolute Gasteiger partial charge is 0.487 e. The lowest BCUT2D eigenvalue weighted by molar-refractivity contribution is -0.134. The minimum atomic E-state index is -0.489. The van der Waals surface area contributed by atoms with Gasteiger partial charge < -0.3 is 9.47 Å². The topological polar surface area (TPSA) is 52.6 Å². The number of esters is 1. The molecule has 0 radical (unpaired) electrons. The maximum Gasteiger partial charge on any atom is 0.330 e. The van der Waals surface area contributed by atoms with Gasteiger partial charge in [-0.05, 0) is 18.2 Å². The second kappa shape index (κ2) is 7.03. The Morgan fingerprint density at radius 2 is 2.11 bits per heavy atom. The molecule has 0 spiro atoms. The highest BCUT2D eigenvalue weighted by Crippen LogP contribution is 2.31. The van der Waals surface area contributed by atoms with Crippen molar-refractivity contribution in [3.8, 4) is 5.75 Å². The van der Waals surface area contributed by atoms with Gasteiger partial charge in [0.25, 0.3) is 0 Å². The van der Waals surface area contributed by atoms with Gasteiger partial charge >= 0.3 is 5.97 Å². The quantitative estimate of drug-likeness (QED) is 0.475. The first-order chi connectivity index (χ1) is 8.58. The van der Waals surface area contributed by atoms with E-state index in [-0.39, 0.29) is 22.9 Å². The number of rotatable bonds is 5. The Balaban J connectivity index is 2.76. The van der Waals surface area contributed by atoms with Crippen molar-refractivity contribution in [1.82, 2.24) is 0 Å². The fourth-order valence-corrected chi connectivity index (χ4v) is 1.73. The molecule has 0 N–H and O–H groups in total. The van der Waals surface area contributed by atoms with Crippen LogP contribution in [0, 0.1) is 0 Å². The SMILES string of the molecule is COC(=O)/C=C/COc1c(Cl)cc(Cl)cc1C=O. The molecule has 4 nitrogen and oxygen atoms in total. The maximum absolute atomic E-state index is 10.8. The first-order valence-corrected chi connectivity index (χ1v) is 5.65. The number of ether oxygens (including phenoxy) is 2. The van der Waals surface area contributed by atoms with Crippen molar-refractivity contribution in [3.05, 3.63) is 39.9 Å². The summed E-state index contributed by atoms with van der Waals surface area (Å²) in [5.74, 6) is -0.262. The zero-order chi connectivity index (χ0) is 13.5. The molecule has 0 aliphatic heterocycles. The molecular weight excluding hydrogens is 279 g/mol. The van der Waals surface area contributed by atoms with Crippen LogP contribution < -0.4 is 4.74 Å². The zero-order valence-corrected chi connectivity index (χ0v) is 11.0. The van der Waals surface area contributed by atoms with Gasteiger partial charge in [0.1, 0.15) is 12.4 Å². The van der Waals surface area contributed by atoms with Crippen LogP contribution in [-0.4, -0.2) is 26.0 Å². The highest BCUT2D eigenvalue weighted by molar-refractivity contribution is 6.36. The summed E-state index contributed by atoms with van der Waals surface area (Å²) < 4.78 is 9.70. The summed E-state index contributed by atoms with van der Waals surface area (Å²) >= 11 is 11.6. The first kappa shape index (κ1) is 14.5. The Hall–Kier alpha value is -1.52. The number of aldehydes is 1. The lowest BCUT2D eigenvalue weighted by atomic mass is 10.2. The van der Waals surface area contributed by atoms with Crippen molar-refractivity contribution in [2.45, 2.75) is 0 Å². The van der Waals surface area contributed by atoms with Gasteiger partial charge in [0.2, 0.25) is 0 Å². The number of hydrogen-bond donors (Lipinski definition) is 0. The second-order valence-electron chi connectivity index (χ2n) is 3.16. The van der Waals surface area contributed by atoms with Crippen LogP contribution in [-0.2, 0) is 9.53 Å². The van der Waals surface area contributed by atoms with Gasteiger partial charge in [0.05, 0.1) is 17.7 Å². The summed E-state index contributed by atoms with van der Waals surface area (Å²) in [6, 6.07) is 2.91. The predicted octanol–water partition coefficient (Wildman–Crippen LogP) is 2.91. The smallest absolute Gasteiger partial charge is 0.330 e. The normalized spacial score (nSPS) is 10.4. The third-order valence-corrected chi connectivity index (χ3v) is 2.44. The van der Waals surface area contributed by atoms with Crippen molar-refractivity contribution in [1.29, 1.82) is 0 Å². The molecule has 0 heterocycles. The summed E-state index contributed by atoms with van der Waals surface area (Å²) in [5.41, 5.74) is 0.249. The zero-order valence-electron chi connectivity index (χ0n) is 9.48. The third-order valence-electron chi connectivity index (χ3n) is 1.94. The Kier molecular flexibility index (Phi) is 5.68. The van der Waals surface area contributed by atoms with E-state index in [0.717, 1.165) is 0 Å². The van der Waals surface area contributed by atoms with E-state index in [1.165, 1.54) is 31.4 Å². The molecule has 0 unspecified atom stereocenters. The lowest BCUT2D eigenvalue weighted by Gasteiger charge is -2.08. The minimum Gasteiger partial charge on any atom is -0.487 e. The molecule has 6 heteroatoms. The van der Waals surface area contributed by atoms with E-state index >= 15 is 0 Å². The van der Waals surface area contributed by atoms with Crippen LogP contribution in [0.25, 0.3) is 0 Å². The van der Waals surface area contributed by atoms with Gasteiger partial charge in [0.15, 0.2) is 6.29 Å². The maximum atomic E-state index is 10.8. The van der Waals surface area contributed by atoms with Crippen LogP contribution in [0.15, 0.2) is 24.3 Å². The van der Waals surface area contributed by atoms with Crippen molar-refractivity contribution in [2.24, 2.45) is 0 Å². The van der Waals surface area contributed by atoms with E-state index in [1.54, 1.807) is 0 Å². The van der Waals surface area contributed by atoms with Crippen molar-refractivity contribution < 1.29 is 19.1 Å². The predicted molar refractivity (Wildman–Crippen MR) is 68.5 cm³/mol. The van der Waals surface area contributed by atoms with E-state index in [0.29, 0.717) is 11.3 Å². The van der Waals surface area contributed by atoms with Gasteiger partial charge in [-0.15, -0.1) is 0 Å². The van der Waals surface area contributed by atoms with E-state index in [4.69, 9.17) is 27.9 Å². The molecule has 0 aromatic heterocycles. The summed E-state index contributed by atoms with van der Waals surface area (Å²) in [4.78, 5) is 21.6. The molecule has 0 bridgehead atoms. The van der Waals surface area contributed by atoms with Gasteiger partial charge in [-0.2, -0.15) is 0 Å². The minimum absolute atomic E-state index is 0.0806. The fraction of sp³-hybridized carbons (Fsp3) is 0.167. The standard InChI is InChI=1S/C12H10Cl2O4/c1-17-11(16)3-2-4-18-12-8(7-15)5-9(13)6-10(12)14/h2-3,5-7H,4H2,1H3/b3-2+. The number of halogens is 2. The van der Waals surface area contributed by atoms with Crippen LogP contribution in [0.4, 0.5) is 0 Å². The molecule has 18 heavy (non-hydrogen) atoms. The number of benzene rings is 1. The van der Waals surface area contributed by atoms with Gasteiger partial charge in [-0.25, -0.2) is 4.79 Å². The number of methoxy groups -OCH3 is 1. The molecule has 1 rings (SSSR count). The molecule has 0 saturated heterocycles. The molecule has 0 atom stereocenters. The molecule has 0 aliphatic rings. The Morgan fingerprint density at radius 3 is 2.72 bits per heavy atom. The van der Waals surface area contributed by atoms with Crippen LogP contribution in [0.2, 0.25) is 10.0 Å². The van der Waals surface area contributed by atoms with Crippen molar-refractivity contribution in [2.75, 3.05) is 13.7 Å². The van der Waals surface area contributed by atoms with Crippen LogP contribution >= 0.6 is 23.2 Å². The first-order valence-electron chi connectivity index (χ1n) is 4.90. The third kappa shape index (κ3) is 4.05. The number of carbonyl (C=O) groups excluding carboxylic acids is 2. The van der Waals surface area contributed by atoms with E-state index in [9.17, 15) is 9.59 Å². The summed E-state index contributed by atoms with van der Waals surface area (Å²) in [6.07, 6.45) is 3.26.